The number of halogens is 1. The Morgan fingerprint density at radius 3 is 2.91 bits per heavy atom. The summed E-state index contributed by atoms with van der Waals surface area (Å²) in [7, 11) is 0. The van der Waals surface area contributed by atoms with E-state index in [0.29, 0.717) is 10.2 Å². The van der Waals surface area contributed by atoms with Crippen LogP contribution in [0.5, 0.6) is 0 Å². The van der Waals surface area contributed by atoms with Crippen molar-refractivity contribution in [3.63, 3.8) is 0 Å². The maximum absolute atomic E-state index is 10.5. The molecule has 1 heterocycles. The molecule has 0 bridgehead atoms. The number of carboxylic acid groups (broad SMARTS) is 1. The molecule has 1 aromatic heterocycles. The zero-order valence-corrected chi connectivity index (χ0v) is 7.42. The van der Waals surface area contributed by atoms with E-state index in [-0.39, 0.29) is 0 Å². The highest BCUT2D eigenvalue weighted by Gasteiger charge is 2.17. The minimum atomic E-state index is -0.855. The molecule has 0 radical (unpaired) electrons. The lowest BCUT2D eigenvalue weighted by atomic mass is 10.1. The Labute approximate surface area is 71.7 Å². The second kappa shape index (κ2) is 3.04. The predicted octanol–water partition coefficient (Wildman–Crippen LogP) is 1.36. The number of rotatable bonds is 2. The molecule has 1 rings (SSSR count). The molecule has 4 nitrogen and oxygen atoms in total. The van der Waals surface area contributed by atoms with Gasteiger partial charge in [0.05, 0.1) is 12.1 Å². The van der Waals surface area contributed by atoms with Crippen molar-refractivity contribution in [3.05, 3.63) is 16.4 Å². The van der Waals surface area contributed by atoms with Gasteiger partial charge in [0, 0.05) is 5.56 Å². The number of aliphatic carboxylic acids is 1. The molecule has 0 saturated carbocycles. The highest BCUT2D eigenvalue weighted by Crippen LogP contribution is 2.21. The van der Waals surface area contributed by atoms with Crippen LogP contribution >= 0.6 is 15.9 Å². The van der Waals surface area contributed by atoms with Crippen molar-refractivity contribution in [2.45, 2.75) is 12.8 Å². The molecule has 0 amide bonds. The Morgan fingerprint density at radius 1 is 1.91 bits per heavy atom. The third-order valence-corrected chi connectivity index (χ3v) is 2.09. The Kier molecular flexibility index (Phi) is 2.28. The summed E-state index contributed by atoms with van der Waals surface area (Å²) in [5.74, 6) is -1.38. The molecule has 0 aliphatic heterocycles. The highest BCUT2D eigenvalue weighted by molar-refractivity contribution is 9.10. The number of nitrogens with zero attached hydrogens (tertiary/aromatic N) is 1. The van der Waals surface area contributed by atoms with Gasteiger partial charge in [0.1, 0.15) is 4.60 Å². The van der Waals surface area contributed by atoms with Gasteiger partial charge in [-0.3, -0.25) is 9.89 Å². The fraction of sp³-hybridized carbons (Fsp3) is 0.333. The van der Waals surface area contributed by atoms with Gasteiger partial charge in [0.25, 0.3) is 0 Å². The van der Waals surface area contributed by atoms with Crippen molar-refractivity contribution in [2.75, 3.05) is 0 Å². The number of carboxylic acids is 1. The zero-order valence-electron chi connectivity index (χ0n) is 5.84. The van der Waals surface area contributed by atoms with E-state index in [9.17, 15) is 4.79 Å². The van der Waals surface area contributed by atoms with Crippen LogP contribution in [0.1, 0.15) is 18.4 Å². The van der Waals surface area contributed by atoms with Crippen molar-refractivity contribution in [3.8, 4) is 0 Å². The van der Waals surface area contributed by atoms with Crippen LogP contribution in [-0.2, 0) is 4.79 Å². The number of hydrogen-bond acceptors (Lipinski definition) is 2. The number of hydrogen-bond donors (Lipinski definition) is 2. The van der Waals surface area contributed by atoms with Crippen LogP contribution in [-0.4, -0.2) is 21.3 Å². The molecule has 60 valence electrons. The molecule has 5 heteroatoms. The van der Waals surface area contributed by atoms with Crippen LogP contribution in [0, 0.1) is 0 Å². The fourth-order valence-corrected chi connectivity index (χ4v) is 1.26. The van der Waals surface area contributed by atoms with Gasteiger partial charge in [0.2, 0.25) is 0 Å². The van der Waals surface area contributed by atoms with E-state index in [1.54, 1.807) is 6.92 Å². The first-order valence-electron chi connectivity index (χ1n) is 3.04. The van der Waals surface area contributed by atoms with Crippen LogP contribution in [0.25, 0.3) is 0 Å². The first-order valence-corrected chi connectivity index (χ1v) is 3.83. The molecular formula is C6H7BrN2O2. The average Bonchev–Trinajstić information content (AvgIpc) is 2.33. The summed E-state index contributed by atoms with van der Waals surface area (Å²) in [5, 5.41) is 14.9. The van der Waals surface area contributed by atoms with Gasteiger partial charge < -0.3 is 5.11 Å². The second-order valence-electron chi connectivity index (χ2n) is 2.20. The number of aromatic amines is 1. The summed E-state index contributed by atoms with van der Waals surface area (Å²) in [6, 6.07) is 0. The Hall–Kier alpha value is -0.840. The largest absolute Gasteiger partial charge is 0.481 e. The highest BCUT2D eigenvalue weighted by atomic mass is 79.9. The lowest BCUT2D eigenvalue weighted by molar-refractivity contribution is -0.138. The molecule has 0 aliphatic carbocycles. The normalized spacial score (nSPS) is 12.9. The van der Waals surface area contributed by atoms with E-state index in [1.165, 1.54) is 6.20 Å². The first-order chi connectivity index (χ1) is 5.13. The molecule has 1 unspecified atom stereocenters. The van der Waals surface area contributed by atoms with Gasteiger partial charge in [-0.15, -0.1) is 0 Å². The minimum Gasteiger partial charge on any atom is -0.481 e. The van der Waals surface area contributed by atoms with Crippen LogP contribution < -0.4 is 0 Å². The molecule has 0 fully saturated rings. The SMILES string of the molecule is CC(C(=O)O)c1cn[nH]c1Br. The van der Waals surface area contributed by atoms with E-state index in [2.05, 4.69) is 26.1 Å². The van der Waals surface area contributed by atoms with E-state index in [0.717, 1.165) is 0 Å². The van der Waals surface area contributed by atoms with Gasteiger partial charge in [-0.1, -0.05) is 0 Å². The molecular weight excluding hydrogens is 212 g/mol. The summed E-state index contributed by atoms with van der Waals surface area (Å²) < 4.78 is 0.632. The fourth-order valence-electron chi connectivity index (χ4n) is 0.715. The predicted molar refractivity (Wildman–Crippen MR) is 42.3 cm³/mol. The third-order valence-electron chi connectivity index (χ3n) is 1.46. The third kappa shape index (κ3) is 1.59. The molecule has 11 heavy (non-hydrogen) atoms. The van der Waals surface area contributed by atoms with Gasteiger partial charge in [-0.2, -0.15) is 5.10 Å². The van der Waals surface area contributed by atoms with Crippen molar-refractivity contribution in [1.82, 2.24) is 10.2 Å². The van der Waals surface area contributed by atoms with Crippen molar-refractivity contribution < 1.29 is 9.90 Å². The average molecular weight is 219 g/mol. The summed E-state index contributed by atoms with van der Waals surface area (Å²) >= 11 is 3.15. The van der Waals surface area contributed by atoms with E-state index in [4.69, 9.17) is 5.11 Å². The minimum absolute atomic E-state index is 0.525. The van der Waals surface area contributed by atoms with Gasteiger partial charge in [-0.05, 0) is 22.9 Å². The second-order valence-corrected chi connectivity index (χ2v) is 2.99. The Bertz CT molecular complexity index is 271. The molecule has 1 atom stereocenters. The topological polar surface area (TPSA) is 66.0 Å². The zero-order chi connectivity index (χ0) is 8.43. The standard InChI is InChI=1S/C6H7BrN2O2/c1-3(6(10)11)4-2-8-9-5(4)7/h2-3H,1H3,(H,8,9)(H,10,11). The molecule has 0 spiro atoms. The summed E-state index contributed by atoms with van der Waals surface area (Å²) in [6.07, 6.45) is 1.50. The molecule has 0 aromatic carbocycles. The van der Waals surface area contributed by atoms with Crippen LogP contribution in [0.3, 0.4) is 0 Å². The van der Waals surface area contributed by atoms with Crippen molar-refractivity contribution in [1.29, 1.82) is 0 Å². The molecule has 1 aromatic rings. The summed E-state index contributed by atoms with van der Waals surface area (Å²) in [4.78, 5) is 10.5. The molecule has 0 saturated heterocycles. The van der Waals surface area contributed by atoms with Gasteiger partial charge in [0.15, 0.2) is 0 Å². The van der Waals surface area contributed by atoms with Crippen LogP contribution in [0.2, 0.25) is 0 Å². The maximum atomic E-state index is 10.5. The molecule has 0 aliphatic rings. The number of H-pyrrole nitrogens is 1. The van der Waals surface area contributed by atoms with E-state index >= 15 is 0 Å². The van der Waals surface area contributed by atoms with Crippen molar-refractivity contribution in [2.24, 2.45) is 0 Å². The maximum Gasteiger partial charge on any atom is 0.310 e. The van der Waals surface area contributed by atoms with E-state index in [1.807, 2.05) is 0 Å². The summed E-state index contributed by atoms with van der Waals surface area (Å²) in [5.41, 5.74) is 0.664. The van der Waals surface area contributed by atoms with Gasteiger partial charge in [-0.25, -0.2) is 0 Å². The van der Waals surface area contributed by atoms with Gasteiger partial charge >= 0.3 is 5.97 Å². The monoisotopic (exact) mass is 218 g/mol. The lowest BCUT2D eigenvalue weighted by Crippen LogP contribution is -2.06. The quantitative estimate of drug-likeness (QED) is 0.789. The van der Waals surface area contributed by atoms with Crippen molar-refractivity contribution >= 4 is 21.9 Å². The van der Waals surface area contributed by atoms with Crippen LogP contribution in [0.15, 0.2) is 10.8 Å². The first kappa shape index (κ1) is 8.26. The number of carbonyl (C=O) groups is 1. The Balaban J connectivity index is 2.92. The van der Waals surface area contributed by atoms with Crippen LogP contribution in [0.4, 0.5) is 0 Å². The number of aromatic nitrogens is 2. The summed E-state index contributed by atoms with van der Waals surface area (Å²) in [6.45, 7) is 1.61. The Morgan fingerprint density at radius 2 is 2.55 bits per heavy atom. The number of nitrogens with one attached hydrogen (secondary N) is 1. The van der Waals surface area contributed by atoms with E-state index < -0.39 is 11.9 Å². The smallest absolute Gasteiger partial charge is 0.310 e. The molecule has 2 N–H and O–H groups in total. The lowest BCUT2D eigenvalue weighted by Gasteiger charge is -2.01.